The van der Waals surface area contributed by atoms with Crippen molar-refractivity contribution in [1.82, 2.24) is 4.90 Å². The molecule has 2 aromatic carbocycles. The fourth-order valence-corrected chi connectivity index (χ4v) is 5.11. The number of carbonyl (C=O) groups is 1. The highest BCUT2D eigenvalue weighted by atomic mass is 79.9. The molecule has 6 nitrogen and oxygen atoms in total. The Bertz CT molecular complexity index is 1010. The van der Waals surface area contributed by atoms with Gasteiger partial charge in [0.2, 0.25) is 5.91 Å². The van der Waals surface area contributed by atoms with Crippen LogP contribution in [-0.2, 0) is 14.8 Å². The number of amides is 1. The summed E-state index contributed by atoms with van der Waals surface area (Å²) in [7, 11) is -1.97. The van der Waals surface area contributed by atoms with Crippen LogP contribution in [0.3, 0.4) is 0 Å². The molecule has 0 aliphatic carbocycles. The molecule has 2 aromatic rings. The molecule has 0 bridgehead atoms. The zero-order chi connectivity index (χ0) is 20.9. The molecule has 0 aromatic heterocycles. The van der Waals surface area contributed by atoms with Gasteiger partial charge in [-0.1, -0.05) is 22.0 Å². The lowest BCUT2D eigenvalue weighted by Gasteiger charge is -2.11. The van der Waals surface area contributed by atoms with E-state index < -0.39 is 10.0 Å². The smallest absolute Gasteiger partial charge is 0.284 e. The summed E-state index contributed by atoms with van der Waals surface area (Å²) in [4.78, 5) is 15.2. The van der Waals surface area contributed by atoms with E-state index in [1.54, 1.807) is 23.9 Å². The summed E-state index contributed by atoms with van der Waals surface area (Å²) in [5.41, 5.74) is 0.449. The molecule has 3 rings (SSSR count). The molecule has 0 radical (unpaired) electrons. The van der Waals surface area contributed by atoms with Gasteiger partial charge in [-0.3, -0.25) is 4.79 Å². The average Bonchev–Trinajstić information content (AvgIpc) is 3.07. The highest BCUT2D eigenvalue weighted by Gasteiger charge is 2.20. The second-order valence-electron chi connectivity index (χ2n) is 6.64. The number of likely N-dealkylation sites (tertiary alicyclic amines) is 1. The normalized spacial score (nSPS) is 15.7. The molecule has 0 spiro atoms. The molecule has 1 amide bonds. The molecule has 0 saturated carbocycles. The van der Waals surface area contributed by atoms with Crippen molar-refractivity contribution in [2.45, 2.75) is 29.1 Å². The number of thioether (sulfide) groups is 1. The van der Waals surface area contributed by atoms with Crippen molar-refractivity contribution >= 4 is 55.1 Å². The molecule has 1 aliphatic rings. The Morgan fingerprint density at radius 2 is 2.00 bits per heavy atom. The number of hydrogen-bond donors (Lipinski definition) is 1. The first-order chi connectivity index (χ1) is 13.8. The van der Waals surface area contributed by atoms with E-state index in [1.165, 1.54) is 12.1 Å². The Hall–Kier alpha value is -1.84. The van der Waals surface area contributed by atoms with Gasteiger partial charge in [0.1, 0.15) is 5.84 Å². The van der Waals surface area contributed by atoms with Crippen molar-refractivity contribution in [3.05, 3.63) is 53.0 Å². The number of carbonyl (C=O) groups excluding carboxylic acids is 1. The zero-order valence-corrected chi connectivity index (χ0v) is 19.2. The molecule has 1 N–H and O–H groups in total. The third kappa shape index (κ3) is 6.32. The Balaban J connectivity index is 1.59. The summed E-state index contributed by atoms with van der Waals surface area (Å²) in [6, 6.07) is 14.1. The number of amidine groups is 1. The first-order valence-corrected chi connectivity index (χ1v) is 12.4. The Morgan fingerprint density at radius 3 is 2.69 bits per heavy atom. The molecular formula is C20H22BrN3O3S2. The molecule has 1 saturated heterocycles. The Kier molecular flexibility index (Phi) is 7.37. The van der Waals surface area contributed by atoms with Crippen LogP contribution in [0.4, 0.5) is 5.69 Å². The lowest BCUT2D eigenvalue weighted by atomic mass is 10.3. The van der Waals surface area contributed by atoms with Crippen molar-refractivity contribution in [2.75, 3.05) is 24.7 Å². The van der Waals surface area contributed by atoms with Gasteiger partial charge in [0.05, 0.1) is 4.90 Å². The lowest BCUT2D eigenvalue weighted by molar-refractivity contribution is -0.115. The number of anilines is 1. The van der Waals surface area contributed by atoms with Gasteiger partial charge in [-0.05, 0) is 48.9 Å². The standard InChI is InChI=1S/C20H22BrN3O3S2/c1-24-12-3-6-19(24)23-29(26,27)18-5-2-4-16(14-18)22-20(25)11-13-28-17-9-7-15(21)8-10-17/h2,4-5,7-10,14H,3,6,11-13H2,1H3,(H,22,25)/b23-19+. The second kappa shape index (κ2) is 9.77. The Labute approximate surface area is 184 Å². The number of nitrogens with one attached hydrogen (secondary N) is 1. The second-order valence-corrected chi connectivity index (χ2v) is 10.3. The van der Waals surface area contributed by atoms with Gasteiger partial charge in [0.15, 0.2) is 0 Å². The highest BCUT2D eigenvalue weighted by molar-refractivity contribution is 9.10. The van der Waals surface area contributed by atoms with Crippen LogP contribution in [0.15, 0.2) is 67.2 Å². The maximum Gasteiger partial charge on any atom is 0.284 e. The van der Waals surface area contributed by atoms with Crippen LogP contribution in [0.25, 0.3) is 0 Å². The lowest BCUT2D eigenvalue weighted by Crippen LogP contribution is -2.20. The van der Waals surface area contributed by atoms with E-state index in [0.717, 1.165) is 22.3 Å². The minimum atomic E-state index is -3.80. The van der Waals surface area contributed by atoms with Gasteiger partial charge in [-0.2, -0.15) is 8.42 Å². The van der Waals surface area contributed by atoms with Crippen LogP contribution in [0, 0.1) is 0 Å². The van der Waals surface area contributed by atoms with Crippen LogP contribution in [-0.4, -0.2) is 44.4 Å². The van der Waals surface area contributed by atoms with E-state index in [9.17, 15) is 13.2 Å². The molecule has 1 heterocycles. The van der Waals surface area contributed by atoms with Gasteiger partial charge < -0.3 is 10.2 Å². The van der Waals surface area contributed by atoms with Crippen molar-refractivity contribution in [3.63, 3.8) is 0 Å². The fourth-order valence-electron chi connectivity index (χ4n) is 2.85. The largest absolute Gasteiger partial charge is 0.362 e. The molecule has 9 heteroatoms. The van der Waals surface area contributed by atoms with Gasteiger partial charge in [-0.25, -0.2) is 0 Å². The van der Waals surface area contributed by atoms with Gasteiger partial charge in [0.25, 0.3) is 10.0 Å². The number of benzene rings is 2. The van der Waals surface area contributed by atoms with E-state index in [4.69, 9.17) is 0 Å². The third-order valence-corrected chi connectivity index (χ3v) is 7.23. The van der Waals surface area contributed by atoms with E-state index in [-0.39, 0.29) is 10.8 Å². The van der Waals surface area contributed by atoms with Crippen LogP contribution in [0.1, 0.15) is 19.3 Å². The van der Waals surface area contributed by atoms with Crippen molar-refractivity contribution in [2.24, 2.45) is 4.40 Å². The number of nitrogens with zero attached hydrogens (tertiary/aromatic N) is 2. The van der Waals surface area contributed by atoms with Crippen molar-refractivity contribution in [1.29, 1.82) is 0 Å². The third-order valence-electron chi connectivity index (χ3n) is 4.39. The van der Waals surface area contributed by atoms with E-state index in [2.05, 4.69) is 25.6 Å². The first-order valence-electron chi connectivity index (χ1n) is 9.17. The molecule has 29 heavy (non-hydrogen) atoms. The van der Waals surface area contributed by atoms with E-state index in [1.807, 2.05) is 36.2 Å². The summed E-state index contributed by atoms with van der Waals surface area (Å²) in [5, 5.41) is 2.77. The molecule has 1 aliphatic heterocycles. The Morgan fingerprint density at radius 1 is 1.24 bits per heavy atom. The first kappa shape index (κ1) is 21.9. The van der Waals surface area contributed by atoms with Gasteiger partial charge in [-0.15, -0.1) is 16.2 Å². The highest BCUT2D eigenvalue weighted by Crippen LogP contribution is 2.22. The van der Waals surface area contributed by atoms with Crippen LogP contribution < -0.4 is 5.32 Å². The van der Waals surface area contributed by atoms with E-state index >= 15 is 0 Å². The molecule has 0 atom stereocenters. The van der Waals surface area contributed by atoms with Crippen LogP contribution in [0.2, 0.25) is 0 Å². The average molecular weight is 496 g/mol. The van der Waals surface area contributed by atoms with Gasteiger partial charge in [0, 0.05) is 47.2 Å². The maximum absolute atomic E-state index is 12.6. The fraction of sp³-hybridized carbons (Fsp3) is 0.300. The number of sulfonamides is 1. The molecular weight excluding hydrogens is 474 g/mol. The minimum Gasteiger partial charge on any atom is -0.362 e. The monoisotopic (exact) mass is 495 g/mol. The number of rotatable bonds is 7. The van der Waals surface area contributed by atoms with Crippen LogP contribution >= 0.6 is 27.7 Å². The summed E-state index contributed by atoms with van der Waals surface area (Å²) < 4.78 is 30.2. The number of halogens is 1. The maximum atomic E-state index is 12.6. The molecule has 154 valence electrons. The quantitative estimate of drug-likeness (QED) is 0.576. The summed E-state index contributed by atoms with van der Waals surface area (Å²) >= 11 is 4.99. The summed E-state index contributed by atoms with van der Waals surface area (Å²) in [6.07, 6.45) is 1.88. The number of hydrogen-bond acceptors (Lipinski definition) is 4. The van der Waals surface area contributed by atoms with Gasteiger partial charge >= 0.3 is 0 Å². The predicted molar refractivity (Wildman–Crippen MR) is 121 cm³/mol. The topological polar surface area (TPSA) is 78.8 Å². The minimum absolute atomic E-state index is 0.0762. The van der Waals surface area contributed by atoms with Crippen LogP contribution in [0.5, 0.6) is 0 Å². The zero-order valence-electron chi connectivity index (χ0n) is 16.0. The van der Waals surface area contributed by atoms with Crippen molar-refractivity contribution < 1.29 is 13.2 Å². The van der Waals surface area contributed by atoms with Crippen molar-refractivity contribution in [3.8, 4) is 0 Å². The summed E-state index contributed by atoms with van der Waals surface area (Å²) in [5.74, 6) is 1.04. The predicted octanol–water partition coefficient (Wildman–Crippen LogP) is 4.38. The summed E-state index contributed by atoms with van der Waals surface area (Å²) in [6.45, 7) is 0.808. The van der Waals surface area contributed by atoms with E-state index in [0.29, 0.717) is 30.1 Å². The molecule has 0 unspecified atom stereocenters. The molecule has 1 fully saturated rings. The SMILES string of the molecule is CN1CCC/C1=N\S(=O)(=O)c1cccc(NC(=O)CCSc2ccc(Br)cc2)c1.